The average molecular weight is 352 g/mol. The summed E-state index contributed by atoms with van der Waals surface area (Å²) in [6.45, 7) is 0. The number of rotatable bonds is 4. The molecule has 0 heterocycles. The van der Waals surface area contributed by atoms with Crippen LogP contribution in [0.1, 0.15) is 10.4 Å². The van der Waals surface area contributed by atoms with Crippen LogP contribution in [0.2, 0.25) is 0 Å². The number of alkyl halides is 2. The molecule has 0 radical (unpaired) electrons. The highest BCUT2D eigenvalue weighted by Gasteiger charge is 2.12. The Labute approximate surface area is 109 Å². The molecular formula is C10H8Br2O4. The second kappa shape index (κ2) is 6.00. The minimum Gasteiger partial charge on any atom is -0.507 e. The van der Waals surface area contributed by atoms with E-state index in [1.165, 1.54) is 18.2 Å². The first-order valence-electron chi connectivity index (χ1n) is 4.27. The van der Waals surface area contributed by atoms with Gasteiger partial charge in [0.15, 0.2) is 5.78 Å². The van der Waals surface area contributed by atoms with Gasteiger partial charge < -0.3 is 9.84 Å². The highest BCUT2D eigenvalue weighted by Crippen LogP contribution is 2.24. The van der Waals surface area contributed by atoms with Gasteiger partial charge in [0.2, 0.25) is 0 Å². The van der Waals surface area contributed by atoms with Crippen molar-refractivity contribution in [1.29, 1.82) is 0 Å². The number of phenols is 1. The zero-order valence-corrected chi connectivity index (χ0v) is 11.2. The van der Waals surface area contributed by atoms with Crippen LogP contribution in [0.25, 0.3) is 0 Å². The second-order valence-electron chi connectivity index (χ2n) is 2.84. The maximum atomic E-state index is 11.4. The highest BCUT2D eigenvalue weighted by molar-refractivity contribution is 9.09. The highest BCUT2D eigenvalue weighted by atomic mass is 79.9. The Bertz CT molecular complexity index is 417. The Morgan fingerprint density at radius 2 is 1.94 bits per heavy atom. The lowest BCUT2D eigenvalue weighted by Gasteiger charge is -2.05. The van der Waals surface area contributed by atoms with Crippen molar-refractivity contribution in [2.75, 3.05) is 10.7 Å². The number of hydrogen-bond donors (Lipinski definition) is 1. The molecule has 0 fully saturated rings. The summed E-state index contributed by atoms with van der Waals surface area (Å²) in [5.41, 5.74) is 0.122. The number of hydrogen-bond acceptors (Lipinski definition) is 4. The van der Waals surface area contributed by atoms with Crippen molar-refractivity contribution in [3.63, 3.8) is 0 Å². The molecule has 0 saturated carbocycles. The molecule has 0 aromatic heterocycles. The first kappa shape index (κ1) is 13.2. The summed E-state index contributed by atoms with van der Waals surface area (Å²) < 4.78 is 4.89. The number of ketones is 1. The van der Waals surface area contributed by atoms with Crippen molar-refractivity contribution in [2.45, 2.75) is 0 Å². The van der Waals surface area contributed by atoms with Gasteiger partial charge in [-0.05, 0) is 18.2 Å². The quantitative estimate of drug-likeness (QED) is 0.391. The van der Waals surface area contributed by atoms with Crippen LogP contribution in [0.3, 0.4) is 0 Å². The van der Waals surface area contributed by atoms with Crippen LogP contribution < -0.4 is 4.74 Å². The van der Waals surface area contributed by atoms with Gasteiger partial charge in [0, 0.05) is 0 Å². The van der Waals surface area contributed by atoms with E-state index in [9.17, 15) is 14.7 Å². The Morgan fingerprint density at radius 3 is 2.50 bits per heavy atom. The van der Waals surface area contributed by atoms with E-state index >= 15 is 0 Å². The van der Waals surface area contributed by atoms with Crippen molar-refractivity contribution in [3.05, 3.63) is 23.8 Å². The van der Waals surface area contributed by atoms with Crippen molar-refractivity contribution < 1.29 is 19.4 Å². The summed E-state index contributed by atoms with van der Waals surface area (Å²) in [6, 6.07) is 4.06. The van der Waals surface area contributed by atoms with Crippen LogP contribution in [-0.4, -0.2) is 27.5 Å². The number of benzene rings is 1. The van der Waals surface area contributed by atoms with Crippen molar-refractivity contribution in [1.82, 2.24) is 0 Å². The smallest absolute Gasteiger partial charge is 0.321 e. The number of carbonyl (C=O) groups excluding carboxylic acids is 2. The van der Waals surface area contributed by atoms with E-state index in [-0.39, 0.29) is 33.5 Å². The molecule has 0 atom stereocenters. The van der Waals surface area contributed by atoms with E-state index in [0.29, 0.717) is 0 Å². The predicted molar refractivity (Wildman–Crippen MR) is 65.7 cm³/mol. The molecule has 6 heteroatoms. The van der Waals surface area contributed by atoms with Gasteiger partial charge in [-0.25, -0.2) is 0 Å². The second-order valence-corrected chi connectivity index (χ2v) is 3.96. The van der Waals surface area contributed by atoms with Gasteiger partial charge in [-0.2, -0.15) is 0 Å². The molecule has 1 N–H and O–H groups in total. The minimum absolute atomic E-state index is 0.0651. The number of carbonyl (C=O) groups is 2. The summed E-state index contributed by atoms with van der Waals surface area (Å²) in [5.74, 6) is -0.660. The molecule has 1 aromatic rings. The molecule has 0 unspecified atom stereocenters. The number of Topliss-reactive ketones (excluding diaryl/α,β-unsaturated/α-hetero) is 1. The number of halogens is 2. The maximum absolute atomic E-state index is 11.4. The van der Waals surface area contributed by atoms with Crippen LogP contribution in [0.5, 0.6) is 11.5 Å². The van der Waals surface area contributed by atoms with Crippen molar-refractivity contribution in [2.24, 2.45) is 0 Å². The maximum Gasteiger partial charge on any atom is 0.321 e. The van der Waals surface area contributed by atoms with Gasteiger partial charge in [0.1, 0.15) is 16.8 Å². The zero-order valence-electron chi connectivity index (χ0n) is 8.07. The molecule has 0 aliphatic heterocycles. The molecule has 0 bridgehead atoms. The molecule has 0 saturated heterocycles. The SMILES string of the molecule is O=C(CBr)Oc1ccc(O)c(C(=O)CBr)c1. The number of aromatic hydroxyl groups is 1. The van der Waals surface area contributed by atoms with Crippen LogP contribution in [0.4, 0.5) is 0 Å². The van der Waals surface area contributed by atoms with Crippen LogP contribution >= 0.6 is 31.9 Å². The lowest BCUT2D eigenvalue weighted by molar-refractivity contribution is -0.131. The summed E-state index contributed by atoms with van der Waals surface area (Å²) in [4.78, 5) is 22.4. The summed E-state index contributed by atoms with van der Waals surface area (Å²) in [7, 11) is 0. The molecule has 0 amide bonds. The molecule has 4 nitrogen and oxygen atoms in total. The third kappa shape index (κ3) is 3.31. The molecule has 86 valence electrons. The zero-order chi connectivity index (χ0) is 12.1. The summed E-state index contributed by atoms with van der Waals surface area (Å²) >= 11 is 5.95. The topological polar surface area (TPSA) is 63.6 Å². The third-order valence-electron chi connectivity index (χ3n) is 1.73. The first-order chi connectivity index (χ1) is 7.58. The van der Waals surface area contributed by atoms with Gasteiger partial charge in [0.05, 0.1) is 10.9 Å². The first-order valence-corrected chi connectivity index (χ1v) is 6.51. The van der Waals surface area contributed by atoms with E-state index in [2.05, 4.69) is 31.9 Å². The van der Waals surface area contributed by atoms with E-state index in [4.69, 9.17) is 4.74 Å². The van der Waals surface area contributed by atoms with E-state index in [0.717, 1.165) is 0 Å². The fourth-order valence-corrected chi connectivity index (χ4v) is 1.45. The van der Waals surface area contributed by atoms with Crippen molar-refractivity contribution >= 4 is 43.6 Å². The molecular weight excluding hydrogens is 344 g/mol. The van der Waals surface area contributed by atoms with Gasteiger partial charge in [0.25, 0.3) is 0 Å². The fourth-order valence-electron chi connectivity index (χ4n) is 1.03. The average Bonchev–Trinajstić information content (AvgIpc) is 2.30. The van der Waals surface area contributed by atoms with Gasteiger partial charge in [-0.1, -0.05) is 31.9 Å². The molecule has 0 aliphatic carbocycles. The van der Waals surface area contributed by atoms with E-state index < -0.39 is 5.97 Å². The van der Waals surface area contributed by atoms with Crippen LogP contribution in [0.15, 0.2) is 18.2 Å². The van der Waals surface area contributed by atoms with E-state index in [1.807, 2.05) is 0 Å². The lowest BCUT2D eigenvalue weighted by atomic mass is 10.1. The monoisotopic (exact) mass is 350 g/mol. The lowest BCUT2D eigenvalue weighted by Crippen LogP contribution is -2.09. The number of phenolic OH excluding ortho intramolecular Hbond substituents is 1. The molecule has 0 spiro atoms. The van der Waals surface area contributed by atoms with Crippen molar-refractivity contribution in [3.8, 4) is 11.5 Å². The number of esters is 1. The Balaban J connectivity index is 2.98. The largest absolute Gasteiger partial charge is 0.507 e. The number of ether oxygens (including phenoxy) is 1. The van der Waals surface area contributed by atoms with Crippen LogP contribution in [0, 0.1) is 0 Å². The predicted octanol–water partition coefficient (Wildman–Crippen LogP) is 2.27. The van der Waals surface area contributed by atoms with E-state index in [1.54, 1.807) is 0 Å². The third-order valence-corrected chi connectivity index (χ3v) is 2.70. The molecule has 0 aliphatic rings. The fraction of sp³-hybridized carbons (Fsp3) is 0.200. The van der Waals surface area contributed by atoms with Crippen LogP contribution in [-0.2, 0) is 4.79 Å². The summed E-state index contributed by atoms with van der Waals surface area (Å²) in [6.07, 6.45) is 0. The molecule has 16 heavy (non-hydrogen) atoms. The van der Waals surface area contributed by atoms with Gasteiger partial charge in [-0.3, -0.25) is 9.59 Å². The normalized spacial score (nSPS) is 9.88. The van der Waals surface area contributed by atoms with Gasteiger partial charge >= 0.3 is 5.97 Å². The van der Waals surface area contributed by atoms with Gasteiger partial charge in [-0.15, -0.1) is 0 Å². The minimum atomic E-state index is -0.470. The Hall–Kier alpha value is -0.880. The Kier molecular flexibility index (Phi) is 4.95. The standard InChI is InChI=1S/C10H8Br2O4/c11-4-9(14)7-3-6(1-2-8(7)13)16-10(15)5-12/h1-3,13H,4-5H2. The molecule has 1 aromatic carbocycles. The summed E-state index contributed by atoms with van der Waals surface area (Å²) in [5, 5.41) is 9.60. The Morgan fingerprint density at radius 1 is 1.25 bits per heavy atom. The molecule has 1 rings (SSSR count).